The molecule has 228 valence electrons. The van der Waals surface area contributed by atoms with Gasteiger partial charge in [-0.3, -0.25) is 0 Å². The highest BCUT2D eigenvalue weighted by atomic mass is 16.3. The summed E-state index contributed by atoms with van der Waals surface area (Å²) in [5, 5.41) is 9.69. The summed E-state index contributed by atoms with van der Waals surface area (Å²) >= 11 is 0. The van der Waals surface area contributed by atoms with E-state index in [4.69, 9.17) is 4.42 Å². The zero-order valence-corrected chi connectivity index (χ0v) is 26.7. The lowest BCUT2D eigenvalue weighted by molar-refractivity contribution is 0.669. The molecule has 1 nitrogen and oxygen atoms in total. The van der Waals surface area contributed by atoms with Crippen molar-refractivity contribution in [2.75, 3.05) is 0 Å². The Morgan fingerprint density at radius 1 is 0.265 bits per heavy atom. The Morgan fingerprint density at radius 3 is 1.45 bits per heavy atom. The van der Waals surface area contributed by atoms with Gasteiger partial charge in [0, 0.05) is 10.8 Å². The quantitative estimate of drug-likeness (QED) is 0.178. The molecule has 0 saturated carbocycles. The van der Waals surface area contributed by atoms with Crippen LogP contribution in [0.3, 0.4) is 0 Å². The molecule has 0 radical (unpaired) electrons. The molecule has 0 saturated heterocycles. The number of furan rings is 1. The fourth-order valence-electron chi connectivity index (χ4n) is 7.87. The molecule has 1 heteroatoms. The predicted molar refractivity (Wildman–Crippen MR) is 208 cm³/mol. The summed E-state index contributed by atoms with van der Waals surface area (Å²) in [4.78, 5) is 0. The Hall–Kier alpha value is -6.44. The van der Waals surface area contributed by atoms with Crippen LogP contribution in [0.15, 0.2) is 186 Å². The number of fused-ring (bicyclic) bond motifs is 6. The maximum Gasteiger partial charge on any atom is 0.136 e. The van der Waals surface area contributed by atoms with Crippen LogP contribution in [0.2, 0.25) is 0 Å². The third-order valence-electron chi connectivity index (χ3n) is 10.1. The average molecular weight is 623 g/mol. The van der Waals surface area contributed by atoms with Gasteiger partial charge in [-0.25, -0.2) is 0 Å². The van der Waals surface area contributed by atoms with Gasteiger partial charge in [-0.15, -0.1) is 0 Å². The Kier molecular flexibility index (Phi) is 6.25. The van der Waals surface area contributed by atoms with E-state index in [9.17, 15) is 0 Å². The van der Waals surface area contributed by atoms with Crippen LogP contribution in [0.5, 0.6) is 0 Å². The fourth-order valence-corrected chi connectivity index (χ4v) is 7.87. The van der Waals surface area contributed by atoms with E-state index in [1.54, 1.807) is 0 Å². The second kappa shape index (κ2) is 11.1. The SMILES string of the molecule is c1ccc(-c2cc3cccc(-c4c5ccccc5c(-c5ccc6c(c5)oc5ccccc56)c5ccccc45)c3cc2-c2ccccc2)cc1. The number of hydrogen-bond donors (Lipinski definition) is 0. The first-order chi connectivity index (χ1) is 24.3. The topological polar surface area (TPSA) is 13.1 Å². The number of rotatable bonds is 4. The fraction of sp³-hybridized carbons (Fsp3) is 0. The van der Waals surface area contributed by atoms with Crippen molar-refractivity contribution in [1.29, 1.82) is 0 Å². The van der Waals surface area contributed by atoms with Gasteiger partial charge in [-0.05, 0) is 107 Å². The maximum atomic E-state index is 6.37. The summed E-state index contributed by atoms with van der Waals surface area (Å²) in [6.07, 6.45) is 0. The molecule has 0 fully saturated rings. The van der Waals surface area contributed by atoms with Crippen LogP contribution in [0.25, 0.3) is 98.8 Å². The van der Waals surface area contributed by atoms with E-state index in [0.29, 0.717) is 0 Å². The molecule has 10 rings (SSSR count). The molecule has 0 aliphatic rings. The molecule has 1 aromatic heterocycles. The average Bonchev–Trinajstić information content (AvgIpc) is 3.55. The van der Waals surface area contributed by atoms with Crippen molar-refractivity contribution in [2.45, 2.75) is 0 Å². The van der Waals surface area contributed by atoms with E-state index in [-0.39, 0.29) is 0 Å². The minimum absolute atomic E-state index is 0.910. The van der Waals surface area contributed by atoms with Gasteiger partial charge >= 0.3 is 0 Å². The van der Waals surface area contributed by atoms with Crippen molar-refractivity contribution >= 4 is 54.3 Å². The number of para-hydroxylation sites is 1. The molecule has 0 N–H and O–H groups in total. The number of hydrogen-bond acceptors (Lipinski definition) is 1. The van der Waals surface area contributed by atoms with E-state index >= 15 is 0 Å². The zero-order valence-electron chi connectivity index (χ0n) is 26.7. The van der Waals surface area contributed by atoms with Gasteiger partial charge in [0.15, 0.2) is 0 Å². The van der Waals surface area contributed by atoms with Crippen molar-refractivity contribution in [2.24, 2.45) is 0 Å². The van der Waals surface area contributed by atoms with Crippen LogP contribution in [0, 0.1) is 0 Å². The third kappa shape index (κ3) is 4.40. The normalized spacial score (nSPS) is 11.7. The predicted octanol–water partition coefficient (Wildman–Crippen LogP) is 13.7. The largest absolute Gasteiger partial charge is 0.456 e. The Bertz CT molecular complexity index is 2800. The molecular formula is C48H30O. The van der Waals surface area contributed by atoms with E-state index in [0.717, 1.165) is 27.5 Å². The van der Waals surface area contributed by atoms with Gasteiger partial charge in [-0.2, -0.15) is 0 Å². The standard InChI is InChI=1S/C48H30O/c1-3-14-31(15-4-1)42-28-33-18-13-24-41(44(33)30-43(42)32-16-5-2-6-17-32)48-39-22-9-7-20-37(39)47(38-21-8-10-23-40(38)48)34-26-27-36-35-19-11-12-25-45(35)49-46(36)29-34/h1-30H. The molecule has 0 atom stereocenters. The summed E-state index contributed by atoms with van der Waals surface area (Å²) in [5.41, 5.74) is 11.6. The maximum absolute atomic E-state index is 6.37. The van der Waals surface area contributed by atoms with Crippen LogP contribution in [-0.4, -0.2) is 0 Å². The highest BCUT2D eigenvalue weighted by Crippen LogP contribution is 2.47. The first kappa shape index (κ1) is 27.7. The summed E-state index contributed by atoms with van der Waals surface area (Å²) in [7, 11) is 0. The minimum Gasteiger partial charge on any atom is -0.456 e. The van der Waals surface area contributed by atoms with Crippen molar-refractivity contribution in [1.82, 2.24) is 0 Å². The molecule has 1 heterocycles. The first-order valence-corrected chi connectivity index (χ1v) is 16.8. The molecule has 0 aliphatic heterocycles. The lowest BCUT2D eigenvalue weighted by Gasteiger charge is -2.20. The molecule has 9 aromatic carbocycles. The van der Waals surface area contributed by atoms with Crippen LogP contribution in [-0.2, 0) is 0 Å². The van der Waals surface area contributed by atoms with Gasteiger partial charge in [0.25, 0.3) is 0 Å². The molecule has 10 aromatic rings. The molecule has 0 amide bonds. The molecular weight excluding hydrogens is 593 g/mol. The van der Waals surface area contributed by atoms with Crippen molar-refractivity contribution < 1.29 is 4.42 Å². The minimum atomic E-state index is 0.910. The van der Waals surface area contributed by atoms with E-state index in [2.05, 4.69) is 170 Å². The number of benzene rings is 9. The Balaban J connectivity index is 1.28. The summed E-state index contributed by atoms with van der Waals surface area (Å²) in [5.74, 6) is 0. The van der Waals surface area contributed by atoms with Crippen LogP contribution in [0.1, 0.15) is 0 Å². The molecule has 0 aliphatic carbocycles. The van der Waals surface area contributed by atoms with Gasteiger partial charge in [-0.1, -0.05) is 152 Å². The third-order valence-corrected chi connectivity index (χ3v) is 10.1. The molecule has 49 heavy (non-hydrogen) atoms. The van der Waals surface area contributed by atoms with Gasteiger partial charge in [0.1, 0.15) is 11.2 Å². The monoisotopic (exact) mass is 622 g/mol. The van der Waals surface area contributed by atoms with Crippen molar-refractivity contribution in [3.63, 3.8) is 0 Å². The first-order valence-electron chi connectivity index (χ1n) is 16.8. The molecule has 0 spiro atoms. The second-order valence-corrected chi connectivity index (χ2v) is 12.8. The van der Waals surface area contributed by atoms with E-state index in [1.165, 1.54) is 71.3 Å². The lowest BCUT2D eigenvalue weighted by Crippen LogP contribution is -1.93. The molecule has 0 bridgehead atoms. The van der Waals surface area contributed by atoms with Crippen LogP contribution in [0.4, 0.5) is 0 Å². The smallest absolute Gasteiger partial charge is 0.136 e. The zero-order chi connectivity index (χ0) is 32.3. The van der Waals surface area contributed by atoms with Crippen molar-refractivity contribution in [3.05, 3.63) is 182 Å². The second-order valence-electron chi connectivity index (χ2n) is 12.8. The van der Waals surface area contributed by atoms with Crippen LogP contribution < -0.4 is 0 Å². The molecule has 0 unspecified atom stereocenters. The van der Waals surface area contributed by atoms with Gasteiger partial charge < -0.3 is 4.42 Å². The van der Waals surface area contributed by atoms with Gasteiger partial charge in [0.05, 0.1) is 0 Å². The highest BCUT2D eigenvalue weighted by Gasteiger charge is 2.20. The van der Waals surface area contributed by atoms with E-state index < -0.39 is 0 Å². The van der Waals surface area contributed by atoms with E-state index in [1.807, 2.05) is 12.1 Å². The van der Waals surface area contributed by atoms with Gasteiger partial charge in [0.2, 0.25) is 0 Å². The van der Waals surface area contributed by atoms with Crippen molar-refractivity contribution in [3.8, 4) is 44.5 Å². The lowest BCUT2D eigenvalue weighted by atomic mass is 9.83. The Morgan fingerprint density at radius 2 is 0.796 bits per heavy atom. The van der Waals surface area contributed by atoms with Crippen LogP contribution >= 0.6 is 0 Å². The Labute approximate surface area is 284 Å². The summed E-state index contributed by atoms with van der Waals surface area (Å²) < 4.78 is 6.37. The summed E-state index contributed by atoms with van der Waals surface area (Å²) in [6.45, 7) is 0. The summed E-state index contributed by atoms with van der Waals surface area (Å²) in [6, 6.07) is 65.8. The highest BCUT2D eigenvalue weighted by molar-refractivity contribution is 6.24.